The van der Waals surface area contributed by atoms with Crippen LogP contribution in [-0.4, -0.2) is 23.8 Å². The molecule has 1 aromatic heterocycles. The standard InChI is InChI=1S/C15H14N2O2.ClH/c1-18-13-9-8-12-14(15(13)19-2)16-10-17(12)11-6-4-3-5-7-11;/h3-10H,1-2H3;1H. The van der Waals surface area contributed by atoms with Gasteiger partial charge in [-0.1, -0.05) is 18.2 Å². The van der Waals surface area contributed by atoms with Crippen molar-refractivity contribution in [3.63, 3.8) is 0 Å². The molecule has 4 nitrogen and oxygen atoms in total. The summed E-state index contributed by atoms with van der Waals surface area (Å²) >= 11 is 0. The lowest BCUT2D eigenvalue weighted by atomic mass is 10.2. The van der Waals surface area contributed by atoms with E-state index >= 15 is 0 Å². The highest BCUT2D eigenvalue weighted by Gasteiger charge is 2.13. The molecule has 0 fully saturated rings. The van der Waals surface area contributed by atoms with E-state index in [0.29, 0.717) is 11.5 Å². The van der Waals surface area contributed by atoms with Gasteiger partial charge in [-0.05, 0) is 24.3 Å². The van der Waals surface area contributed by atoms with E-state index in [0.717, 1.165) is 16.7 Å². The third-order valence-corrected chi connectivity index (χ3v) is 3.09. The fourth-order valence-electron chi connectivity index (χ4n) is 2.19. The number of benzene rings is 2. The minimum absolute atomic E-state index is 0. The Hall–Kier alpha value is -2.20. The summed E-state index contributed by atoms with van der Waals surface area (Å²) < 4.78 is 12.7. The average molecular weight is 291 g/mol. The average Bonchev–Trinajstić information content (AvgIpc) is 2.91. The third kappa shape index (κ3) is 2.18. The molecule has 0 saturated carbocycles. The number of ether oxygens (including phenoxy) is 2. The van der Waals surface area contributed by atoms with Crippen molar-refractivity contribution in [2.24, 2.45) is 0 Å². The van der Waals surface area contributed by atoms with Crippen molar-refractivity contribution < 1.29 is 9.47 Å². The van der Waals surface area contributed by atoms with Crippen molar-refractivity contribution in [2.75, 3.05) is 14.2 Å². The molecule has 0 radical (unpaired) electrons. The van der Waals surface area contributed by atoms with Gasteiger partial charge in [0.1, 0.15) is 11.8 Å². The van der Waals surface area contributed by atoms with Crippen LogP contribution in [0.2, 0.25) is 0 Å². The number of aromatic nitrogens is 2. The van der Waals surface area contributed by atoms with E-state index in [4.69, 9.17) is 9.47 Å². The van der Waals surface area contributed by atoms with Crippen molar-refractivity contribution in [1.29, 1.82) is 0 Å². The largest absolute Gasteiger partial charge is 0.493 e. The topological polar surface area (TPSA) is 36.3 Å². The summed E-state index contributed by atoms with van der Waals surface area (Å²) in [6.07, 6.45) is 1.79. The third-order valence-electron chi connectivity index (χ3n) is 3.09. The number of halogens is 1. The molecular formula is C15H15ClN2O2. The Balaban J connectivity index is 0.00000147. The Labute approximate surface area is 123 Å². The maximum absolute atomic E-state index is 5.40. The van der Waals surface area contributed by atoms with E-state index in [9.17, 15) is 0 Å². The van der Waals surface area contributed by atoms with Crippen molar-refractivity contribution in [2.45, 2.75) is 0 Å². The number of para-hydroxylation sites is 1. The Bertz CT molecular complexity index is 710. The molecule has 0 aliphatic carbocycles. The van der Waals surface area contributed by atoms with Crippen LogP contribution in [0.4, 0.5) is 0 Å². The maximum atomic E-state index is 5.40. The summed E-state index contributed by atoms with van der Waals surface area (Å²) in [6.45, 7) is 0. The van der Waals surface area contributed by atoms with Crippen molar-refractivity contribution in [3.8, 4) is 17.2 Å². The van der Waals surface area contributed by atoms with Gasteiger partial charge >= 0.3 is 0 Å². The van der Waals surface area contributed by atoms with E-state index in [1.165, 1.54) is 0 Å². The minimum Gasteiger partial charge on any atom is -0.493 e. The van der Waals surface area contributed by atoms with E-state index in [1.807, 2.05) is 47.0 Å². The Morgan fingerprint density at radius 3 is 2.35 bits per heavy atom. The first kappa shape index (κ1) is 14.2. The zero-order valence-electron chi connectivity index (χ0n) is 11.2. The number of hydrogen-bond donors (Lipinski definition) is 0. The zero-order valence-corrected chi connectivity index (χ0v) is 12.1. The van der Waals surface area contributed by atoms with Crippen molar-refractivity contribution in [1.82, 2.24) is 9.55 Å². The lowest BCUT2D eigenvalue weighted by molar-refractivity contribution is 0.358. The van der Waals surface area contributed by atoms with Crippen LogP contribution in [0.1, 0.15) is 0 Å². The summed E-state index contributed by atoms with van der Waals surface area (Å²) in [7, 11) is 3.25. The molecule has 0 N–H and O–H groups in total. The van der Waals surface area contributed by atoms with E-state index in [1.54, 1.807) is 20.5 Å². The molecule has 2 aromatic carbocycles. The summed E-state index contributed by atoms with van der Waals surface area (Å²) in [5.74, 6) is 1.35. The van der Waals surface area contributed by atoms with Gasteiger partial charge < -0.3 is 9.47 Å². The highest BCUT2D eigenvalue weighted by atomic mass is 35.5. The van der Waals surface area contributed by atoms with Gasteiger partial charge in [0, 0.05) is 5.69 Å². The Morgan fingerprint density at radius 1 is 0.950 bits per heavy atom. The molecule has 20 heavy (non-hydrogen) atoms. The molecule has 0 unspecified atom stereocenters. The van der Waals surface area contributed by atoms with Gasteiger partial charge in [0.15, 0.2) is 11.5 Å². The number of imidazole rings is 1. The number of rotatable bonds is 3. The number of hydrogen-bond acceptors (Lipinski definition) is 3. The first-order valence-corrected chi connectivity index (χ1v) is 5.98. The number of fused-ring (bicyclic) bond motifs is 1. The highest BCUT2D eigenvalue weighted by molar-refractivity contribution is 5.86. The van der Waals surface area contributed by atoms with Gasteiger partial charge in [0.05, 0.1) is 19.7 Å². The summed E-state index contributed by atoms with van der Waals surface area (Å²) in [5, 5.41) is 0. The minimum atomic E-state index is 0. The maximum Gasteiger partial charge on any atom is 0.188 e. The normalized spacial score (nSPS) is 10.1. The van der Waals surface area contributed by atoms with Crippen molar-refractivity contribution >= 4 is 23.4 Å². The second-order valence-corrected chi connectivity index (χ2v) is 4.12. The van der Waals surface area contributed by atoms with Crippen LogP contribution in [0.5, 0.6) is 11.5 Å². The van der Waals surface area contributed by atoms with Gasteiger partial charge in [0.25, 0.3) is 0 Å². The lowest BCUT2D eigenvalue weighted by Gasteiger charge is -2.09. The fourth-order valence-corrected chi connectivity index (χ4v) is 2.19. The van der Waals surface area contributed by atoms with E-state index in [-0.39, 0.29) is 12.4 Å². The molecule has 104 valence electrons. The fraction of sp³-hybridized carbons (Fsp3) is 0.133. The molecule has 0 amide bonds. The second-order valence-electron chi connectivity index (χ2n) is 4.12. The first-order valence-electron chi connectivity index (χ1n) is 5.98. The summed E-state index contributed by atoms with van der Waals surface area (Å²) in [5.41, 5.74) is 2.85. The van der Waals surface area contributed by atoms with Crippen LogP contribution in [0, 0.1) is 0 Å². The predicted molar refractivity (Wildman–Crippen MR) is 81.4 cm³/mol. The van der Waals surface area contributed by atoms with Crippen LogP contribution >= 0.6 is 12.4 Å². The molecule has 0 aliphatic rings. The molecule has 1 heterocycles. The van der Waals surface area contributed by atoms with Crippen LogP contribution in [0.3, 0.4) is 0 Å². The Morgan fingerprint density at radius 2 is 1.70 bits per heavy atom. The number of nitrogens with zero attached hydrogens (tertiary/aromatic N) is 2. The molecule has 0 saturated heterocycles. The monoisotopic (exact) mass is 290 g/mol. The second kappa shape index (κ2) is 5.84. The summed E-state index contributed by atoms with van der Waals surface area (Å²) in [4.78, 5) is 4.43. The van der Waals surface area contributed by atoms with Crippen LogP contribution < -0.4 is 9.47 Å². The highest BCUT2D eigenvalue weighted by Crippen LogP contribution is 2.35. The molecule has 0 bridgehead atoms. The molecular weight excluding hydrogens is 276 g/mol. The predicted octanol–water partition coefficient (Wildman–Crippen LogP) is 3.46. The molecule has 5 heteroatoms. The Kier molecular flexibility index (Phi) is 4.15. The smallest absolute Gasteiger partial charge is 0.188 e. The van der Waals surface area contributed by atoms with E-state index < -0.39 is 0 Å². The van der Waals surface area contributed by atoms with Crippen molar-refractivity contribution in [3.05, 3.63) is 48.8 Å². The SMILES string of the molecule is COc1ccc2c(ncn2-c2ccccc2)c1OC.Cl. The van der Waals surface area contributed by atoms with Gasteiger partial charge in [-0.15, -0.1) is 12.4 Å². The molecule has 0 atom stereocenters. The number of methoxy groups -OCH3 is 2. The molecule has 3 aromatic rings. The molecule has 0 spiro atoms. The quantitative estimate of drug-likeness (QED) is 0.741. The first-order chi connectivity index (χ1) is 9.35. The zero-order chi connectivity index (χ0) is 13.2. The van der Waals surface area contributed by atoms with E-state index in [2.05, 4.69) is 4.98 Å². The van der Waals surface area contributed by atoms with Gasteiger partial charge in [0.2, 0.25) is 0 Å². The van der Waals surface area contributed by atoms with Gasteiger partial charge in [-0.2, -0.15) is 0 Å². The molecule has 0 aliphatic heterocycles. The van der Waals surface area contributed by atoms with Crippen LogP contribution in [0.25, 0.3) is 16.7 Å². The summed E-state index contributed by atoms with van der Waals surface area (Å²) in [6, 6.07) is 13.9. The molecule has 3 rings (SSSR count). The van der Waals surface area contributed by atoms with Gasteiger partial charge in [-0.25, -0.2) is 4.98 Å². The van der Waals surface area contributed by atoms with Crippen LogP contribution in [0.15, 0.2) is 48.8 Å². The van der Waals surface area contributed by atoms with Gasteiger partial charge in [-0.3, -0.25) is 4.57 Å². The lowest BCUT2D eigenvalue weighted by Crippen LogP contribution is -1.93. The van der Waals surface area contributed by atoms with Crippen LogP contribution in [-0.2, 0) is 0 Å².